The number of benzene rings is 2. The maximum atomic E-state index is 11.0. The lowest BCUT2D eigenvalue weighted by Crippen LogP contribution is -2.17. The van der Waals surface area contributed by atoms with Gasteiger partial charge in [-0.15, -0.1) is 0 Å². The molecule has 0 aromatic heterocycles. The fourth-order valence-electron chi connectivity index (χ4n) is 2.21. The molecular weight excluding hydrogens is 266 g/mol. The van der Waals surface area contributed by atoms with Crippen molar-refractivity contribution in [3.05, 3.63) is 65.2 Å². The summed E-state index contributed by atoms with van der Waals surface area (Å²) in [6.07, 6.45) is 0. The zero-order valence-electron chi connectivity index (χ0n) is 12.2. The number of aromatic carboxylic acids is 1. The minimum absolute atomic E-state index is 0.324. The van der Waals surface area contributed by atoms with Crippen LogP contribution in [0.25, 0.3) is 0 Å². The third-order valence-electron chi connectivity index (χ3n) is 3.24. The Morgan fingerprint density at radius 2 is 1.76 bits per heavy atom. The molecule has 0 aliphatic carbocycles. The van der Waals surface area contributed by atoms with Crippen molar-refractivity contribution in [2.75, 3.05) is 14.2 Å². The molecule has 0 heterocycles. The lowest BCUT2D eigenvalue weighted by atomic mass is 10.1. The summed E-state index contributed by atoms with van der Waals surface area (Å²) in [6, 6.07) is 15.0. The van der Waals surface area contributed by atoms with Crippen LogP contribution in [-0.2, 0) is 13.1 Å². The van der Waals surface area contributed by atoms with E-state index >= 15 is 0 Å². The number of rotatable bonds is 6. The number of carboxylic acid groups (broad SMARTS) is 1. The summed E-state index contributed by atoms with van der Waals surface area (Å²) in [5.74, 6) is -0.0507. The summed E-state index contributed by atoms with van der Waals surface area (Å²) in [4.78, 5) is 13.1. The van der Waals surface area contributed by atoms with Crippen LogP contribution in [-0.4, -0.2) is 30.1 Å². The van der Waals surface area contributed by atoms with Gasteiger partial charge in [-0.05, 0) is 42.4 Å². The molecule has 0 fully saturated rings. The van der Waals surface area contributed by atoms with Gasteiger partial charge in [0.05, 0.1) is 12.7 Å². The largest absolute Gasteiger partial charge is 0.497 e. The van der Waals surface area contributed by atoms with Crippen LogP contribution in [0.15, 0.2) is 48.5 Å². The quantitative estimate of drug-likeness (QED) is 0.886. The molecule has 0 spiro atoms. The Morgan fingerprint density at radius 3 is 2.38 bits per heavy atom. The van der Waals surface area contributed by atoms with Crippen molar-refractivity contribution < 1.29 is 14.6 Å². The number of nitrogens with zero attached hydrogens (tertiary/aromatic N) is 1. The highest BCUT2D eigenvalue weighted by atomic mass is 16.5. The first-order chi connectivity index (χ1) is 10.1. The highest BCUT2D eigenvalue weighted by Gasteiger charge is 2.06. The van der Waals surface area contributed by atoms with Crippen LogP contribution in [0, 0.1) is 0 Å². The molecule has 0 saturated heterocycles. The number of hydrogen-bond acceptors (Lipinski definition) is 3. The summed E-state index contributed by atoms with van der Waals surface area (Å²) >= 11 is 0. The van der Waals surface area contributed by atoms with Crippen LogP contribution in [0.2, 0.25) is 0 Å². The molecular formula is C17H19NO3. The van der Waals surface area contributed by atoms with Gasteiger partial charge < -0.3 is 9.84 Å². The second-order valence-corrected chi connectivity index (χ2v) is 5.03. The molecule has 0 aliphatic rings. The van der Waals surface area contributed by atoms with Crippen molar-refractivity contribution in [3.63, 3.8) is 0 Å². The van der Waals surface area contributed by atoms with E-state index in [0.717, 1.165) is 17.9 Å². The number of hydrogen-bond donors (Lipinski definition) is 1. The van der Waals surface area contributed by atoms with Crippen molar-refractivity contribution in [2.24, 2.45) is 0 Å². The van der Waals surface area contributed by atoms with Crippen molar-refractivity contribution in [1.82, 2.24) is 4.90 Å². The summed E-state index contributed by atoms with van der Waals surface area (Å²) in [5.41, 5.74) is 2.50. The smallest absolute Gasteiger partial charge is 0.335 e. The Hall–Kier alpha value is -2.33. The zero-order valence-corrected chi connectivity index (χ0v) is 12.2. The first kappa shape index (κ1) is 15.1. The SMILES string of the molecule is COc1ccc(CN(C)Cc2cccc(C(=O)O)c2)cc1. The lowest BCUT2D eigenvalue weighted by Gasteiger charge is -2.17. The molecule has 2 rings (SSSR count). The van der Waals surface area contributed by atoms with Gasteiger partial charge >= 0.3 is 5.97 Å². The predicted octanol–water partition coefficient (Wildman–Crippen LogP) is 3.03. The topological polar surface area (TPSA) is 49.8 Å². The van der Waals surface area contributed by atoms with E-state index in [1.54, 1.807) is 25.3 Å². The summed E-state index contributed by atoms with van der Waals surface area (Å²) in [7, 11) is 3.66. The van der Waals surface area contributed by atoms with E-state index in [1.807, 2.05) is 37.4 Å². The Morgan fingerprint density at radius 1 is 1.10 bits per heavy atom. The molecule has 0 atom stereocenters. The third-order valence-corrected chi connectivity index (χ3v) is 3.24. The molecule has 4 nitrogen and oxygen atoms in total. The van der Waals surface area contributed by atoms with Crippen LogP contribution in [0.4, 0.5) is 0 Å². The van der Waals surface area contributed by atoms with Gasteiger partial charge in [0, 0.05) is 13.1 Å². The van der Waals surface area contributed by atoms with Crippen LogP contribution in [0.5, 0.6) is 5.75 Å². The molecule has 0 aliphatic heterocycles. The Labute approximate surface area is 124 Å². The van der Waals surface area contributed by atoms with Gasteiger partial charge in [0.2, 0.25) is 0 Å². The second-order valence-electron chi connectivity index (χ2n) is 5.03. The molecule has 21 heavy (non-hydrogen) atoms. The molecule has 2 aromatic carbocycles. The van der Waals surface area contributed by atoms with E-state index in [9.17, 15) is 4.79 Å². The minimum atomic E-state index is -0.894. The molecule has 110 valence electrons. The normalized spacial score (nSPS) is 10.6. The zero-order chi connectivity index (χ0) is 15.2. The summed E-state index contributed by atoms with van der Waals surface area (Å²) < 4.78 is 5.14. The van der Waals surface area contributed by atoms with Gasteiger partial charge in [0.15, 0.2) is 0 Å². The molecule has 4 heteroatoms. The molecule has 0 saturated carbocycles. The maximum Gasteiger partial charge on any atom is 0.335 e. The van der Waals surface area contributed by atoms with Crippen LogP contribution < -0.4 is 4.74 Å². The number of ether oxygens (including phenoxy) is 1. The van der Waals surface area contributed by atoms with E-state index in [0.29, 0.717) is 12.1 Å². The first-order valence-electron chi connectivity index (χ1n) is 6.72. The van der Waals surface area contributed by atoms with E-state index in [1.165, 1.54) is 5.56 Å². The predicted molar refractivity (Wildman–Crippen MR) is 81.6 cm³/mol. The van der Waals surface area contributed by atoms with Gasteiger partial charge in [-0.2, -0.15) is 0 Å². The fourth-order valence-corrected chi connectivity index (χ4v) is 2.21. The van der Waals surface area contributed by atoms with Crippen molar-refractivity contribution in [2.45, 2.75) is 13.1 Å². The Kier molecular flexibility index (Phi) is 4.95. The van der Waals surface area contributed by atoms with Crippen LogP contribution >= 0.6 is 0 Å². The van der Waals surface area contributed by atoms with E-state index < -0.39 is 5.97 Å². The highest BCUT2D eigenvalue weighted by molar-refractivity contribution is 5.87. The summed E-state index contributed by atoms with van der Waals surface area (Å²) in [6.45, 7) is 1.49. The van der Waals surface area contributed by atoms with E-state index in [4.69, 9.17) is 9.84 Å². The number of methoxy groups -OCH3 is 1. The lowest BCUT2D eigenvalue weighted by molar-refractivity contribution is 0.0696. The Bertz CT molecular complexity index is 608. The Balaban J connectivity index is 1.98. The van der Waals surface area contributed by atoms with Crippen LogP contribution in [0.1, 0.15) is 21.5 Å². The van der Waals surface area contributed by atoms with Crippen LogP contribution in [0.3, 0.4) is 0 Å². The maximum absolute atomic E-state index is 11.0. The average Bonchev–Trinajstić information content (AvgIpc) is 2.48. The third kappa shape index (κ3) is 4.33. The standard InChI is InChI=1S/C17H19NO3/c1-18(11-13-6-8-16(21-2)9-7-13)12-14-4-3-5-15(10-14)17(19)20/h3-10H,11-12H2,1-2H3,(H,19,20). The molecule has 0 amide bonds. The first-order valence-corrected chi connectivity index (χ1v) is 6.72. The molecule has 0 radical (unpaired) electrons. The van der Waals surface area contributed by atoms with Crippen molar-refractivity contribution in [1.29, 1.82) is 0 Å². The van der Waals surface area contributed by atoms with Gasteiger partial charge in [-0.1, -0.05) is 24.3 Å². The molecule has 0 unspecified atom stereocenters. The van der Waals surface area contributed by atoms with Gasteiger partial charge in [-0.25, -0.2) is 4.79 Å². The van der Waals surface area contributed by atoms with Crippen molar-refractivity contribution in [3.8, 4) is 5.75 Å². The number of carbonyl (C=O) groups is 1. The van der Waals surface area contributed by atoms with E-state index in [2.05, 4.69) is 4.90 Å². The minimum Gasteiger partial charge on any atom is -0.497 e. The van der Waals surface area contributed by atoms with Gasteiger partial charge in [0.1, 0.15) is 5.75 Å². The van der Waals surface area contributed by atoms with Gasteiger partial charge in [-0.3, -0.25) is 4.90 Å². The highest BCUT2D eigenvalue weighted by Crippen LogP contribution is 2.14. The molecule has 1 N–H and O–H groups in total. The van der Waals surface area contributed by atoms with Crippen molar-refractivity contribution >= 4 is 5.97 Å². The van der Waals surface area contributed by atoms with Gasteiger partial charge in [0.25, 0.3) is 0 Å². The second kappa shape index (κ2) is 6.90. The number of carboxylic acids is 1. The molecule has 0 bridgehead atoms. The average molecular weight is 285 g/mol. The summed E-state index contributed by atoms with van der Waals surface area (Å²) in [5, 5.41) is 9.00. The monoisotopic (exact) mass is 285 g/mol. The molecule has 2 aromatic rings. The van der Waals surface area contributed by atoms with E-state index in [-0.39, 0.29) is 0 Å². The fraction of sp³-hybridized carbons (Fsp3) is 0.235.